The van der Waals surface area contributed by atoms with E-state index in [1.807, 2.05) is 36.4 Å². The number of nitrogens with zero attached hydrogens (tertiary/aromatic N) is 3. The quantitative estimate of drug-likeness (QED) is 0.360. The van der Waals surface area contributed by atoms with E-state index in [1.54, 1.807) is 18.2 Å². The van der Waals surface area contributed by atoms with Gasteiger partial charge in [0.25, 0.3) is 15.9 Å². The molecule has 0 aliphatic carbocycles. The minimum atomic E-state index is -3.98. The van der Waals surface area contributed by atoms with E-state index in [-0.39, 0.29) is 22.5 Å². The van der Waals surface area contributed by atoms with Gasteiger partial charge in [0.1, 0.15) is 0 Å². The maximum absolute atomic E-state index is 12.9. The van der Waals surface area contributed by atoms with Gasteiger partial charge < -0.3 is 0 Å². The van der Waals surface area contributed by atoms with E-state index in [4.69, 9.17) is 0 Å². The maximum Gasteiger partial charge on any atom is 0.284 e. The van der Waals surface area contributed by atoms with Crippen LogP contribution in [-0.4, -0.2) is 35.9 Å². The fraction of sp³-hybridized carbons (Fsp3) is 0.0455. The van der Waals surface area contributed by atoms with E-state index in [2.05, 4.69) is 31.9 Å². The average molecular weight is 514 g/mol. The van der Waals surface area contributed by atoms with Gasteiger partial charge in [-0.15, -0.1) is 11.0 Å². The Balaban J connectivity index is 1.71. The minimum Gasteiger partial charge on any atom is -0.282 e. The number of pyridine rings is 1. The molecule has 0 radical (unpaired) electrons. The molecule has 2 heterocycles. The van der Waals surface area contributed by atoms with Gasteiger partial charge >= 0.3 is 0 Å². The lowest BCUT2D eigenvalue weighted by molar-refractivity contribution is -0.121. The first-order chi connectivity index (χ1) is 14.9. The minimum absolute atomic E-state index is 0.0448. The van der Waals surface area contributed by atoms with Crippen molar-refractivity contribution in [2.45, 2.75) is 4.90 Å². The summed E-state index contributed by atoms with van der Waals surface area (Å²) in [5, 5.41) is 1.08. The van der Waals surface area contributed by atoms with E-state index in [9.17, 15) is 13.2 Å². The highest BCUT2D eigenvalue weighted by Crippen LogP contribution is 2.33. The predicted octanol–water partition coefficient (Wildman–Crippen LogP) is 4.84. The van der Waals surface area contributed by atoms with E-state index >= 15 is 0 Å². The number of carbonyl (C=O) groups excluding carboxylic acids is 1. The second kappa shape index (κ2) is 8.78. The Hall–Kier alpha value is -2.75. The van der Waals surface area contributed by atoms with Crippen molar-refractivity contribution in [1.29, 1.82) is 0 Å². The molecule has 1 aromatic heterocycles. The van der Waals surface area contributed by atoms with Crippen LogP contribution in [0.25, 0.3) is 17.0 Å². The molecule has 9 heteroatoms. The Morgan fingerprint density at radius 1 is 1.10 bits per heavy atom. The number of sulfonamides is 1. The van der Waals surface area contributed by atoms with Crippen LogP contribution in [0.3, 0.4) is 0 Å². The van der Waals surface area contributed by atoms with Crippen LogP contribution in [0.15, 0.2) is 92.0 Å². The molecule has 31 heavy (non-hydrogen) atoms. The standard InChI is InChI=1S/C22H16BrN3O3S2/c1-2-13-26-21(27)20(14-17-10-7-15-5-3-4-6-19(15)24-17)30-22(26)25-31(28,29)18-11-8-16(23)9-12-18/h2-12,14H,1,13H2/b20-14-,25-22+. The Labute approximate surface area is 192 Å². The summed E-state index contributed by atoms with van der Waals surface area (Å²) >= 11 is 4.28. The third-order valence-electron chi connectivity index (χ3n) is 4.41. The molecule has 0 unspecified atom stereocenters. The van der Waals surface area contributed by atoms with Crippen molar-refractivity contribution in [3.05, 3.63) is 88.4 Å². The zero-order valence-corrected chi connectivity index (χ0v) is 19.3. The van der Waals surface area contributed by atoms with E-state index in [0.717, 1.165) is 27.1 Å². The molecule has 0 spiro atoms. The highest BCUT2D eigenvalue weighted by Gasteiger charge is 2.34. The van der Waals surface area contributed by atoms with Gasteiger partial charge in [-0.25, -0.2) is 4.98 Å². The predicted molar refractivity (Wildman–Crippen MR) is 128 cm³/mol. The number of amidine groups is 1. The molecule has 1 amide bonds. The van der Waals surface area contributed by atoms with Crippen LogP contribution in [0.2, 0.25) is 0 Å². The first kappa shape index (κ1) is 21.5. The average Bonchev–Trinajstić information content (AvgIpc) is 3.02. The molecule has 0 bridgehead atoms. The monoisotopic (exact) mass is 513 g/mol. The second-order valence-electron chi connectivity index (χ2n) is 6.55. The largest absolute Gasteiger partial charge is 0.284 e. The lowest BCUT2D eigenvalue weighted by Gasteiger charge is -2.12. The zero-order valence-electron chi connectivity index (χ0n) is 16.1. The molecule has 1 aliphatic rings. The number of amides is 1. The molecule has 1 aliphatic heterocycles. The molecule has 156 valence electrons. The smallest absolute Gasteiger partial charge is 0.282 e. The van der Waals surface area contributed by atoms with E-state index in [1.165, 1.54) is 23.1 Å². The number of para-hydroxylation sites is 1. The molecule has 3 aromatic rings. The van der Waals surface area contributed by atoms with E-state index in [0.29, 0.717) is 10.6 Å². The highest BCUT2D eigenvalue weighted by atomic mass is 79.9. The number of benzene rings is 2. The summed E-state index contributed by atoms with van der Waals surface area (Å²) in [4.78, 5) is 19.2. The SMILES string of the molecule is C=CCN1C(=O)/C(=C/c2ccc3ccccc3n2)S/C1=N/S(=O)(=O)c1ccc(Br)cc1. The molecule has 4 rings (SSSR count). The van der Waals surface area contributed by atoms with E-state index < -0.39 is 10.0 Å². The van der Waals surface area contributed by atoms with Crippen LogP contribution >= 0.6 is 27.7 Å². The first-order valence-corrected chi connectivity index (χ1v) is 12.2. The highest BCUT2D eigenvalue weighted by molar-refractivity contribution is 9.10. The summed E-state index contributed by atoms with van der Waals surface area (Å²) in [6, 6.07) is 17.6. The van der Waals surface area contributed by atoms with Crippen molar-refractivity contribution in [2.75, 3.05) is 6.54 Å². The van der Waals surface area contributed by atoms with Gasteiger partial charge in [0, 0.05) is 16.4 Å². The topological polar surface area (TPSA) is 79.7 Å². The van der Waals surface area contributed by atoms with Gasteiger partial charge in [-0.3, -0.25) is 9.69 Å². The number of hydrogen-bond donors (Lipinski definition) is 0. The van der Waals surface area contributed by atoms with Gasteiger partial charge in [0.05, 0.1) is 21.0 Å². The zero-order chi connectivity index (χ0) is 22.0. The molecule has 2 aromatic carbocycles. The fourth-order valence-electron chi connectivity index (χ4n) is 2.92. The van der Waals surface area contributed by atoms with Gasteiger partial charge in [-0.05, 0) is 54.2 Å². The molecule has 6 nitrogen and oxygen atoms in total. The van der Waals surface area contributed by atoms with Gasteiger partial charge in [-0.1, -0.05) is 46.3 Å². The van der Waals surface area contributed by atoms with Crippen molar-refractivity contribution in [2.24, 2.45) is 4.40 Å². The van der Waals surface area contributed by atoms with Crippen LogP contribution in [0.4, 0.5) is 0 Å². The van der Waals surface area contributed by atoms with Crippen molar-refractivity contribution in [3.8, 4) is 0 Å². The molecule has 1 saturated heterocycles. The molecule has 0 saturated carbocycles. The number of hydrogen-bond acceptors (Lipinski definition) is 5. The molecular weight excluding hydrogens is 498 g/mol. The molecule has 0 N–H and O–H groups in total. The molecular formula is C22H16BrN3O3S2. The van der Waals surface area contributed by atoms with Crippen LogP contribution < -0.4 is 0 Å². The van der Waals surface area contributed by atoms with Crippen LogP contribution in [0.1, 0.15) is 5.69 Å². The van der Waals surface area contributed by atoms with Gasteiger partial charge in [0.15, 0.2) is 5.17 Å². The summed E-state index contributed by atoms with van der Waals surface area (Å²) in [6.45, 7) is 3.80. The molecule has 0 atom stereocenters. The van der Waals surface area contributed by atoms with Crippen molar-refractivity contribution in [3.63, 3.8) is 0 Å². The van der Waals surface area contributed by atoms with Crippen molar-refractivity contribution >= 4 is 65.8 Å². The lowest BCUT2D eigenvalue weighted by Crippen LogP contribution is -2.29. The summed E-state index contributed by atoms with van der Waals surface area (Å²) in [7, 11) is -3.98. The Kier molecular flexibility index (Phi) is 6.08. The normalized spacial score (nSPS) is 17.1. The van der Waals surface area contributed by atoms with Crippen molar-refractivity contribution in [1.82, 2.24) is 9.88 Å². The van der Waals surface area contributed by atoms with Crippen LogP contribution in [-0.2, 0) is 14.8 Å². The number of halogens is 1. The summed E-state index contributed by atoms with van der Waals surface area (Å²) in [6.07, 6.45) is 3.17. The second-order valence-corrected chi connectivity index (χ2v) is 10.1. The van der Waals surface area contributed by atoms with Crippen molar-refractivity contribution < 1.29 is 13.2 Å². The first-order valence-electron chi connectivity index (χ1n) is 9.16. The molecule has 1 fully saturated rings. The Morgan fingerprint density at radius 2 is 1.84 bits per heavy atom. The third kappa shape index (κ3) is 4.63. The van der Waals surface area contributed by atoms with Gasteiger partial charge in [-0.2, -0.15) is 8.42 Å². The number of fused-ring (bicyclic) bond motifs is 1. The fourth-order valence-corrected chi connectivity index (χ4v) is 5.36. The number of carbonyl (C=O) groups is 1. The van der Waals surface area contributed by atoms with Crippen LogP contribution in [0, 0.1) is 0 Å². The summed E-state index contributed by atoms with van der Waals surface area (Å²) in [5.74, 6) is -0.343. The summed E-state index contributed by atoms with van der Waals surface area (Å²) in [5.41, 5.74) is 1.41. The summed E-state index contributed by atoms with van der Waals surface area (Å²) < 4.78 is 30.2. The Morgan fingerprint density at radius 3 is 2.58 bits per heavy atom. The third-order valence-corrected chi connectivity index (χ3v) is 7.34. The number of aromatic nitrogens is 1. The number of thioether (sulfide) groups is 1. The van der Waals surface area contributed by atoms with Gasteiger partial charge in [0.2, 0.25) is 0 Å². The van der Waals surface area contributed by atoms with Crippen LogP contribution in [0.5, 0.6) is 0 Å². The number of rotatable bonds is 5. The lowest BCUT2D eigenvalue weighted by atomic mass is 10.2. The maximum atomic E-state index is 12.9. The Bertz CT molecular complexity index is 1350.